The number of likely N-dealkylation sites (tertiary alicyclic amines) is 1. The monoisotopic (exact) mass is 340 g/mol. The molecule has 0 spiro atoms. The van der Waals surface area contributed by atoms with Gasteiger partial charge in [-0.05, 0) is 50.4 Å². The lowest BCUT2D eigenvalue weighted by atomic mass is 9.96. The second kappa shape index (κ2) is 7.56. The molecule has 5 nitrogen and oxygen atoms in total. The van der Waals surface area contributed by atoms with Crippen LogP contribution in [0.5, 0.6) is 0 Å². The minimum Gasteiger partial charge on any atom is -0.341 e. The van der Waals surface area contributed by atoms with E-state index in [9.17, 15) is 4.79 Å². The molecule has 0 saturated carbocycles. The van der Waals surface area contributed by atoms with E-state index >= 15 is 0 Å². The van der Waals surface area contributed by atoms with Gasteiger partial charge in [-0.25, -0.2) is 4.98 Å². The van der Waals surface area contributed by atoms with E-state index in [-0.39, 0.29) is 5.91 Å². The quantitative estimate of drug-likeness (QED) is 0.935. The highest BCUT2D eigenvalue weighted by atomic mass is 16.2. The number of fused-ring (bicyclic) bond motifs is 1. The van der Waals surface area contributed by atoms with Crippen molar-refractivity contribution in [2.75, 3.05) is 26.2 Å². The number of hydrogen-bond acceptors (Lipinski definition) is 3. The third kappa shape index (κ3) is 3.56. The van der Waals surface area contributed by atoms with Crippen LogP contribution in [0.1, 0.15) is 50.1 Å². The number of carbonyl (C=O) groups excluding carboxylic acids is 1. The standard InChI is InChI=1S/C20H28N4O/c25-19(23-11-3-1-2-4-12-23)15-24-18(17-8-5-9-21-14-17)13-16-7-6-10-22-20(16)24/h6-7,10,13,17,21H,1-5,8-9,11-12,14-15H2. The Labute approximate surface area is 149 Å². The molecule has 25 heavy (non-hydrogen) atoms. The van der Waals surface area contributed by atoms with Crippen molar-refractivity contribution in [2.45, 2.75) is 51.0 Å². The van der Waals surface area contributed by atoms with E-state index < -0.39 is 0 Å². The molecule has 2 aromatic rings. The number of aromatic nitrogens is 2. The zero-order chi connectivity index (χ0) is 17.1. The summed E-state index contributed by atoms with van der Waals surface area (Å²) in [5.74, 6) is 0.718. The van der Waals surface area contributed by atoms with Crippen LogP contribution in [0.2, 0.25) is 0 Å². The normalized spacial score (nSPS) is 22.1. The van der Waals surface area contributed by atoms with Crippen LogP contribution in [0.15, 0.2) is 24.4 Å². The summed E-state index contributed by atoms with van der Waals surface area (Å²) in [4.78, 5) is 19.6. The minimum absolute atomic E-state index is 0.245. The molecule has 0 aliphatic carbocycles. The van der Waals surface area contributed by atoms with Crippen LogP contribution in [0, 0.1) is 0 Å². The van der Waals surface area contributed by atoms with Crippen molar-refractivity contribution in [3.8, 4) is 0 Å². The number of rotatable bonds is 3. The van der Waals surface area contributed by atoms with Gasteiger partial charge < -0.3 is 14.8 Å². The van der Waals surface area contributed by atoms with Gasteiger partial charge in [-0.3, -0.25) is 4.79 Å². The number of nitrogens with one attached hydrogen (secondary N) is 1. The van der Waals surface area contributed by atoms with E-state index in [0.29, 0.717) is 12.5 Å². The minimum atomic E-state index is 0.245. The van der Waals surface area contributed by atoms with Crippen molar-refractivity contribution < 1.29 is 4.79 Å². The Bertz CT molecular complexity index is 724. The van der Waals surface area contributed by atoms with Crippen molar-refractivity contribution in [1.29, 1.82) is 0 Å². The molecule has 1 amide bonds. The van der Waals surface area contributed by atoms with Crippen molar-refractivity contribution in [3.05, 3.63) is 30.1 Å². The first-order valence-corrected chi connectivity index (χ1v) is 9.75. The van der Waals surface area contributed by atoms with Gasteiger partial charge in [-0.15, -0.1) is 0 Å². The van der Waals surface area contributed by atoms with E-state index in [0.717, 1.165) is 50.1 Å². The smallest absolute Gasteiger partial charge is 0.242 e. The molecular weight excluding hydrogens is 312 g/mol. The highest BCUT2D eigenvalue weighted by Gasteiger charge is 2.24. The molecule has 1 unspecified atom stereocenters. The van der Waals surface area contributed by atoms with E-state index in [4.69, 9.17) is 0 Å². The molecule has 0 radical (unpaired) electrons. The fourth-order valence-electron chi connectivity index (χ4n) is 4.27. The summed E-state index contributed by atoms with van der Waals surface area (Å²) in [7, 11) is 0. The summed E-state index contributed by atoms with van der Waals surface area (Å²) in [5, 5.41) is 4.65. The molecule has 0 bridgehead atoms. The highest BCUT2D eigenvalue weighted by Crippen LogP contribution is 2.29. The summed E-state index contributed by atoms with van der Waals surface area (Å²) >= 11 is 0. The van der Waals surface area contributed by atoms with Gasteiger partial charge in [0.05, 0.1) is 0 Å². The van der Waals surface area contributed by atoms with Crippen molar-refractivity contribution >= 4 is 16.9 Å². The predicted octanol–water partition coefficient (Wildman–Crippen LogP) is 2.91. The fourth-order valence-corrected chi connectivity index (χ4v) is 4.27. The number of nitrogens with zero attached hydrogens (tertiary/aromatic N) is 3. The average Bonchev–Trinajstić information content (AvgIpc) is 2.83. The lowest BCUT2D eigenvalue weighted by Gasteiger charge is -2.26. The van der Waals surface area contributed by atoms with Crippen molar-refractivity contribution in [3.63, 3.8) is 0 Å². The molecule has 2 aliphatic rings. The van der Waals surface area contributed by atoms with Gasteiger partial charge in [0, 0.05) is 42.8 Å². The van der Waals surface area contributed by atoms with Crippen LogP contribution in [-0.4, -0.2) is 46.5 Å². The number of carbonyl (C=O) groups is 1. The van der Waals surface area contributed by atoms with Gasteiger partial charge >= 0.3 is 0 Å². The maximum absolute atomic E-state index is 13.0. The number of pyridine rings is 1. The topological polar surface area (TPSA) is 50.2 Å². The van der Waals surface area contributed by atoms with Crippen LogP contribution in [0.4, 0.5) is 0 Å². The molecule has 4 rings (SSSR count). The molecule has 134 valence electrons. The molecule has 2 saturated heterocycles. The summed E-state index contributed by atoms with van der Waals surface area (Å²) in [6.07, 6.45) is 8.97. The highest BCUT2D eigenvalue weighted by molar-refractivity contribution is 5.82. The van der Waals surface area contributed by atoms with Gasteiger partial charge in [0.1, 0.15) is 12.2 Å². The Morgan fingerprint density at radius 1 is 1.20 bits per heavy atom. The van der Waals surface area contributed by atoms with Crippen LogP contribution in [0.3, 0.4) is 0 Å². The van der Waals surface area contributed by atoms with Crippen LogP contribution in [-0.2, 0) is 11.3 Å². The lowest BCUT2D eigenvalue weighted by molar-refractivity contribution is -0.131. The first-order valence-electron chi connectivity index (χ1n) is 9.75. The molecule has 2 aliphatic heterocycles. The first kappa shape index (κ1) is 16.6. The van der Waals surface area contributed by atoms with Gasteiger partial charge in [0.25, 0.3) is 0 Å². The molecule has 2 fully saturated rings. The van der Waals surface area contributed by atoms with Crippen LogP contribution >= 0.6 is 0 Å². The molecule has 1 atom stereocenters. The average molecular weight is 340 g/mol. The summed E-state index contributed by atoms with van der Waals surface area (Å²) in [6.45, 7) is 4.33. The van der Waals surface area contributed by atoms with Crippen LogP contribution < -0.4 is 5.32 Å². The maximum Gasteiger partial charge on any atom is 0.242 e. The van der Waals surface area contributed by atoms with E-state index in [1.165, 1.54) is 31.4 Å². The Kier molecular flexibility index (Phi) is 5.02. The number of piperidine rings is 1. The summed E-state index contributed by atoms with van der Waals surface area (Å²) in [6, 6.07) is 6.33. The SMILES string of the molecule is O=C(Cn1c(C2CCCNC2)cc2cccnc21)N1CCCCCC1. The first-order chi connectivity index (χ1) is 12.3. The van der Waals surface area contributed by atoms with Gasteiger partial charge in [0.2, 0.25) is 5.91 Å². The van der Waals surface area contributed by atoms with Crippen molar-refractivity contribution in [1.82, 2.24) is 19.8 Å². The Morgan fingerprint density at radius 2 is 2.04 bits per heavy atom. The zero-order valence-electron chi connectivity index (χ0n) is 14.9. The Morgan fingerprint density at radius 3 is 2.80 bits per heavy atom. The van der Waals surface area contributed by atoms with E-state index in [1.54, 1.807) is 0 Å². The molecule has 2 aromatic heterocycles. The summed E-state index contributed by atoms with van der Waals surface area (Å²) < 4.78 is 2.18. The molecule has 4 heterocycles. The Balaban J connectivity index is 1.63. The lowest BCUT2D eigenvalue weighted by Crippen LogP contribution is -2.36. The molecule has 5 heteroatoms. The fraction of sp³-hybridized carbons (Fsp3) is 0.600. The second-order valence-electron chi connectivity index (χ2n) is 7.41. The zero-order valence-corrected chi connectivity index (χ0v) is 14.9. The maximum atomic E-state index is 13.0. The molecule has 0 aromatic carbocycles. The predicted molar refractivity (Wildman–Crippen MR) is 99.6 cm³/mol. The van der Waals surface area contributed by atoms with Gasteiger partial charge in [-0.2, -0.15) is 0 Å². The third-order valence-electron chi connectivity index (χ3n) is 5.65. The Hall–Kier alpha value is -1.88. The van der Waals surface area contributed by atoms with E-state index in [1.807, 2.05) is 12.3 Å². The largest absolute Gasteiger partial charge is 0.341 e. The van der Waals surface area contributed by atoms with Gasteiger partial charge in [0.15, 0.2) is 0 Å². The van der Waals surface area contributed by atoms with Crippen LogP contribution in [0.25, 0.3) is 11.0 Å². The van der Waals surface area contributed by atoms with Crippen molar-refractivity contribution in [2.24, 2.45) is 0 Å². The molecular formula is C20H28N4O. The summed E-state index contributed by atoms with van der Waals surface area (Å²) in [5.41, 5.74) is 2.22. The number of hydrogen-bond donors (Lipinski definition) is 1. The third-order valence-corrected chi connectivity index (χ3v) is 5.65. The molecule has 1 N–H and O–H groups in total. The van der Waals surface area contributed by atoms with E-state index in [2.05, 4.69) is 31.9 Å². The number of amides is 1. The van der Waals surface area contributed by atoms with Gasteiger partial charge in [-0.1, -0.05) is 12.8 Å². The second-order valence-corrected chi connectivity index (χ2v) is 7.41.